The Morgan fingerprint density at radius 2 is 1.86 bits per heavy atom. The molecule has 1 amide bonds. The van der Waals surface area contributed by atoms with Gasteiger partial charge in [-0.2, -0.15) is 13.2 Å². The van der Waals surface area contributed by atoms with Crippen molar-refractivity contribution in [1.29, 1.82) is 0 Å². The summed E-state index contributed by atoms with van der Waals surface area (Å²) in [6.07, 6.45) is -1.10. The van der Waals surface area contributed by atoms with E-state index in [1.165, 1.54) is 0 Å². The molecule has 1 N–H and O–H groups in total. The Kier molecular flexibility index (Phi) is 8.95. The average Bonchev–Trinajstić information content (AvgIpc) is 2.79. The first kappa shape index (κ1) is 27.6. The number of piperidine rings is 1. The van der Waals surface area contributed by atoms with Gasteiger partial charge >= 0.3 is 6.18 Å². The number of nitrogens with one attached hydrogen (secondary N) is 1. The Morgan fingerprint density at radius 1 is 1.17 bits per heavy atom. The number of rotatable bonds is 9. The fourth-order valence-corrected chi connectivity index (χ4v) is 5.43. The minimum Gasteiger partial charge on any atom is -0.330 e. The van der Waals surface area contributed by atoms with E-state index in [0.717, 1.165) is 11.1 Å². The van der Waals surface area contributed by atoms with Crippen LogP contribution in [0.3, 0.4) is 0 Å². The highest BCUT2D eigenvalue weighted by Gasteiger charge is 2.50. The molecule has 0 spiro atoms. The zero-order valence-electron chi connectivity index (χ0n) is 19.9. The summed E-state index contributed by atoms with van der Waals surface area (Å²) in [4.78, 5) is 15.9. The van der Waals surface area contributed by atoms with Crippen LogP contribution >= 0.6 is 23.2 Å². The smallest absolute Gasteiger partial charge is 0.330 e. The van der Waals surface area contributed by atoms with Gasteiger partial charge in [0.25, 0.3) is 0 Å². The molecule has 4 atom stereocenters. The van der Waals surface area contributed by atoms with Crippen LogP contribution < -0.4 is 5.32 Å². The lowest BCUT2D eigenvalue weighted by Crippen LogP contribution is -2.57. The highest BCUT2D eigenvalue weighted by atomic mass is 35.5. The number of amides is 1. The van der Waals surface area contributed by atoms with Crippen LogP contribution in [0.4, 0.5) is 13.2 Å². The first-order valence-corrected chi connectivity index (χ1v) is 12.5. The van der Waals surface area contributed by atoms with Crippen molar-refractivity contribution in [3.63, 3.8) is 0 Å². The Balaban J connectivity index is 2.13. The first-order chi connectivity index (χ1) is 16.5. The molecule has 2 aromatic carbocycles. The number of allylic oxidation sites excluding steroid dienone is 1. The van der Waals surface area contributed by atoms with Crippen molar-refractivity contribution in [3.8, 4) is 0 Å². The standard InChI is InChI=1S/C27H31Cl2F3N2O/c1-4-13-26(3)15-23(19-7-6-8-21(29)14-19)24(18-9-11-20(28)12-10-18)34(25(26)35)22(5-2)16-33-17-27(30,31)32/h4,6-12,14,22-24,33H,1,5,13,15-17H2,2-3H3/t22-,23+,24+,26-/m0/s1. The molecule has 2 aromatic rings. The van der Waals surface area contributed by atoms with Crippen LogP contribution in [0.15, 0.2) is 61.2 Å². The largest absolute Gasteiger partial charge is 0.401 e. The molecule has 1 heterocycles. The van der Waals surface area contributed by atoms with Gasteiger partial charge in [0.15, 0.2) is 0 Å². The van der Waals surface area contributed by atoms with Crippen molar-refractivity contribution in [2.75, 3.05) is 13.1 Å². The lowest BCUT2D eigenvalue weighted by Gasteiger charge is -2.52. The maximum atomic E-state index is 14.1. The number of carbonyl (C=O) groups is 1. The molecule has 3 nitrogen and oxygen atoms in total. The van der Waals surface area contributed by atoms with Crippen molar-refractivity contribution < 1.29 is 18.0 Å². The molecule has 3 rings (SSSR count). The van der Waals surface area contributed by atoms with E-state index >= 15 is 0 Å². The molecule has 1 fully saturated rings. The third-order valence-electron chi connectivity index (χ3n) is 6.76. The van der Waals surface area contributed by atoms with E-state index in [-0.39, 0.29) is 18.4 Å². The van der Waals surface area contributed by atoms with Gasteiger partial charge in [-0.15, -0.1) is 6.58 Å². The summed E-state index contributed by atoms with van der Waals surface area (Å²) in [7, 11) is 0. The van der Waals surface area contributed by atoms with Gasteiger partial charge in [-0.3, -0.25) is 4.79 Å². The summed E-state index contributed by atoms with van der Waals surface area (Å²) >= 11 is 12.5. The van der Waals surface area contributed by atoms with Gasteiger partial charge < -0.3 is 10.2 Å². The first-order valence-electron chi connectivity index (χ1n) is 11.7. The van der Waals surface area contributed by atoms with E-state index in [1.807, 2.05) is 44.2 Å². The van der Waals surface area contributed by atoms with E-state index in [0.29, 0.717) is 29.3 Å². The van der Waals surface area contributed by atoms with Gasteiger partial charge in [-0.05, 0) is 54.7 Å². The number of halogens is 5. The maximum absolute atomic E-state index is 14.1. The van der Waals surface area contributed by atoms with Crippen molar-refractivity contribution in [1.82, 2.24) is 10.2 Å². The second-order valence-corrected chi connectivity index (χ2v) is 10.3. The summed E-state index contributed by atoms with van der Waals surface area (Å²) < 4.78 is 38.6. The van der Waals surface area contributed by atoms with Crippen LogP contribution in [-0.2, 0) is 4.79 Å². The van der Waals surface area contributed by atoms with Gasteiger partial charge in [0.1, 0.15) is 0 Å². The Hall–Kier alpha value is -2.02. The fraction of sp³-hybridized carbons (Fsp3) is 0.444. The van der Waals surface area contributed by atoms with Crippen LogP contribution in [0.5, 0.6) is 0 Å². The van der Waals surface area contributed by atoms with Gasteiger partial charge in [-0.25, -0.2) is 0 Å². The number of alkyl halides is 3. The van der Waals surface area contributed by atoms with Crippen LogP contribution in [0, 0.1) is 5.41 Å². The SMILES string of the molecule is C=CC[C@@]1(C)C[C@H](c2cccc(Cl)c2)[C@@H](c2ccc(Cl)cc2)N([C@@H](CC)CNCC(F)(F)F)C1=O. The zero-order valence-corrected chi connectivity index (χ0v) is 21.4. The molecule has 0 aliphatic carbocycles. The molecule has 0 radical (unpaired) electrons. The number of hydrogen-bond acceptors (Lipinski definition) is 2. The third kappa shape index (κ3) is 6.60. The van der Waals surface area contributed by atoms with Gasteiger partial charge in [-0.1, -0.05) is 67.4 Å². The normalized spacial score (nSPS) is 23.9. The minimum atomic E-state index is -4.33. The number of benzene rings is 2. The maximum Gasteiger partial charge on any atom is 0.401 e. The molecule has 190 valence electrons. The Morgan fingerprint density at radius 3 is 2.43 bits per heavy atom. The molecule has 8 heteroatoms. The van der Waals surface area contributed by atoms with E-state index in [9.17, 15) is 18.0 Å². The summed E-state index contributed by atoms with van der Waals surface area (Å²) in [6, 6.07) is 14.0. The molecule has 1 saturated heterocycles. The molecule has 0 unspecified atom stereocenters. The summed E-state index contributed by atoms with van der Waals surface area (Å²) in [6.45, 7) is 6.57. The molecular formula is C27H31Cl2F3N2O. The van der Waals surface area contributed by atoms with Crippen molar-refractivity contribution in [2.45, 2.75) is 57.3 Å². The lowest BCUT2D eigenvalue weighted by atomic mass is 9.67. The number of hydrogen-bond donors (Lipinski definition) is 1. The van der Waals surface area contributed by atoms with Crippen molar-refractivity contribution in [3.05, 3.63) is 82.4 Å². The van der Waals surface area contributed by atoms with Crippen LogP contribution in [0.25, 0.3) is 0 Å². The molecular weight excluding hydrogens is 496 g/mol. The molecule has 0 saturated carbocycles. The highest BCUT2D eigenvalue weighted by Crippen LogP contribution is 2.52. The van der Waals surface area contributed by atoms with Crippen LogP contribution in [-0.4, -0.2) is 36.1 Å². The summed E-state index contributed by atoms with van der Waals surface area (Å²) in [5, 5.41) is 3.67. The van der Waals surface area contributed by atoms with Crippen LogP contribution in [0.1, 0.15) is 56.2 Å². The quantitative estimate of drug-likeness (QED) is 0.342. The number of nitrogens with zero attached hydrogens (tertiary/aromatic N) is 1. The topological polar surface area (TPSA) is 32.3 Å². The number of likely N-dealkylation sites (tertiary alicyclic amines) is 1. The molecule has 1 aliphatic rings. The van der Waals surface area contributed by atoms with Gasteiger partial charge in [0, 0.05) is 28.5 Å². The predicted octanol–water partition coefficient (Wildman–Crippen LogP) is 7.56. The molecule has 35 heavy (non-hydrogen) atoms. The predicted molar refractivity (Wildman–Crippen MR) is 136 cm³/mol. The second kappa shape index (κ2) is 11.4. The molecule has 1 aliphatic heterocycles. The molecule has 0 aromatic heterocycles. The Bertz CT molecular complexity index is 1030. The lowest BCUT2D eigenvalue weighted by molar-refractivity contribution is -0.154. The average molecular weight is 527 g/mol. The minimum absolute atomic E-state index is 0.0261. The van der Waals surface area contributed by atoms with Crippen molar-refractivity contribution >= 4 is 29.1 Å². The van der Waals surface area contributed by atoms with Gasteiger partial charge in [0.2, 0.25) is 5.91 Å². The Labute approximate surface area is 215 Å². The van der Waals surface area contributed by atoms with E-state index in [4.69, 9.17) is 23.2 Å². The van der Waals surface area contributed by atoms with Gasteiger partial charge in [0.05, 0.1) is 18.0 Å². The fourth-order valence-electron chi connectivity index (χ4n) is 5.11. The third-order valence-corrected chi connectivity index (χ3v) is 7.24. The van der Waals surface area contributed by atoms with Crippen LogP contribution in [0.2, 0.25) is 10.0 Å². The monoisotopic (exact) mass is 526 g/mol. The molecule has 0 bridgehead atoms. The van der Waals surface area contributed by atoms with Crippen molar-refractivity contribution in [2.24, 2.45) is 5.41 Å². The highest BCUT2D eigenvalue weighted by molar-refractivity contribution is 6.30. The second-order valence-electron chi connectivity index (χ2n) is 9.44. The van der Waals surface area contributed by atoms with E-state index < -0.39 is 30.2 Å². The summed E-state index contributed by atoms with van der Waals surface area (Å²) in [5.41, 5.74) is 1.10. The van der Waals surface area contributed by atoms with E-state index in [1.54, 1.807) is 29.2 Å². The van der Waals surface area contributed by atoms with E-state index in [2.05, 4.69) is 11.9 Å². The zero-order chi connectivity index (χ0) is 25.8. The number of carbonyl (C=O) groups excluding carboxylic acids is 1. The summed E-state index contributed by atoms with van der Waals surface area (Å²) in [5.74, 6) is -0.217.